The smallest absolute Gasteiger partial charge is 0.305 e. The fraction of sp³-hybridized carbons (Fsp3) is 0.200. The summed E-state index contributed by atoms with van der Waals surface area (Å²) in [4.78, 5) is 35.2. The topological polar surface area (TPSA) is 145 Å². The SMILES string of the molecule is N=C(N)c1ccc(NC(=O)CCC(=O)NC(CC(=O)O)c2ccccc2)cc1. The second-order valence-corrected chi connectivity index (χ2v) is 6.17. The molecule has 0 bridgehead atoms. The van der Waals surface area contributed by atoms with Crippen molar-refractivity contribution >= 4 is 29.3 Å². The van der Waals surface area contributed by atoms with Gasteiger partial charge in [-0.05, 0) is 29.8 Å². The summed E-state index contributed by atoms with van der Waals surface area (Å²) in [6, 6.07) is 14.6. The minimum atomic E-state index is -1.03. The molecule has 0 saturated heterocycles. The average molecular weight is 382 g/mol. The molecule has 0 aliphatic heterocycles. The predicted octanol–water partition coefficient (Wildman–Crippen LogP) is 2.02. The Bertz CT molecular complexity index is 850. The van der Waals surface area contributed by atoms with Crippen molar-refractivity contribution in [1.29, 1.82) is 5.41 Å². The summed E-state index contributed by atoms with van der Waals surface area (Å²) in [6.07, 6.45) is -0.361. The van der Waals surface area contributed by atoms with Crippen molar-refractivity contribution in [3.8, 4) is 0 Å². The number of aliphatic carboxylic acids is 1. The van der Waals surface area contributed by atoms with Gasteiger partial charge in [-0.1, -0.05) is 30.3 Å². The molecule has 0 radical (unpaired) electrons. The minimum Gasteiger partial charge on any atom is -0.481 e. The predicted molar refractivity (Wildman–Crippen MR) is 105 cm³/mol. The van der Waals surface area contributed by atoms with E-state index >= 15 is 0 Å². The first kappa shape index (κ1) is 20.6. The molecular weight excluding hydrogens is 360 g/mol. The molecule has 0 aromatic heterocycles. The van der Waals surface area contributed by atoms with Crippen molar-refractivity contribution < 1.29 is 19.5 Å². The van der Waals surface area contributed by atoms with Crippen molar-refractivity contribution in [3.63, 3.8) is 0 Å². The van der Waals surface area contributed by atoms with Crippen LogP contribution in [0.1, 0.15) is 36.4 Å². The third-order valence-electron chi connectivity index (χ3n) is 3.97. The van der Waals surface area contributed by atoms with E-state index in [1.54, 1.807) is 54.6 Å². The molecule has 2 aromatic carbocycles. The highest BCUT2D eigenvalue weighted by molar-refractivity contribution is 5.96. The fourth-order valence-corrected chi connectivity index (χ4v) is 2.56. The van der Waals surface area contributed by atoms with E-state index < -0.39 is 17.9 Å². The van der Waals surface area contributed by atoms with Gasteiger partial charge in [0.05, 0.1) is 12.5 Å². The zero-order valence-electron chi connectivity index (χ0n) is 15.1. The van der Waals surface area contributed by atoms with E-state index in [4.69, 9.17) is 16.2 Å². The lowest BCUT2D eigenvalue weighted by atomic mass is 10.0. The zero-order valence-corrected chi connectivity index (χ0v) is 15.1. The third kappa shape index (κ3) is 6.56. The van der Waals surface area contributed by atoms with Gasteiger partial charge in [0, 0.05) is 24.1 Å². The maximum Gasteiger partial charge on any atom is 0.305 e. The van der Waals surface area contributed by atoms with Crippen LogP contribution >= 0.6 is 0 Å². The zero-order chi connectivity index (χ0) is 20.5. The van der Waals surface area contributed by atoms with Crippen LogP contribution in [0, 0.1) is 5.41 Å². The largest absolute Gasteiger partial charge is 0.481 e. The van der Waals surface area contributed by atoms with Crippen LogP contribution in [0.2, 0.25) is 0 Å². The first-order valence-electron chi connectivity index (χ1n) is 8.65. The van der Waals surface area contributed by atoms with Gasteiger partial charge in [-0.3, -0.25) is 19.8 Å². The first-order chi connectivity index (χ1) is 13.3. The number of rotatable bonds is 9. The third-order valence-corrected chi connectivity index (χ3v) is 3.97. The molecule has 6 N–H and O–H groups in total. The molecule has 146 valence electrons. The van der Waals surface area contributed by atoms with E-state index in [2.05, 4.69) is 10.6 Å². The van der Waals surface area contributed by atoms with E-state index in [9.17, 15) is 14.4 Å². The van der Waals surface area contributed by atoms with Crippen LogP contribution in [0.25, 0.3) is 0 Å². The number of nitrogens with two attached hydrogens (primary N) is 1. The van der Waals surface area contributed by atoms with Crippen molar-refractivity contribution in [2.75, 3.05) is 5.32 Å². The van der Waals surface area contributed by atoms with Gasteiger partial charge in [0.1, 0.15) is 5.84 Å². The van der Waals surface area contributed by atoms with E-state index in [1.807, 2.05) is 0 Å². The van der Waals surface area contributed by atoms with Gasteiger partial charge in [-0.2, -0.15) is 0 Å². The van der Waals surface area contributed by atoms with Crippen LogP contribution in [0.5, 0.6) is 0 Å². The van der Waals surface area contributed by atoms with Crippen LogP contribution in [0.3, 0.4) is 0 Å². The summed E-state index contributed by atoms with van der Waals surface area (Å²) in [5.74, 6) is -1.85. The molecule has 0 fully saturated rings. The molecule has 28 heavy (non-hydrogen) atoms. The average Bonchev–Trinajstić information content (AvgIpc) is 2.66. The Morgan fingerprint density at radius 2 is 1.57 bits per heavy atom. The van der Waals surface area contributed by atoms with Gasteiger partial charge >= 0.3 is 5.97 Å². The van der Waals surface area contributed by atoms with Crippen molar-refractivity contribution in [2.24, 2.45) is 5.73 Å². The molecule has 1 unspecified atom stereocenters. The van der Waals surface area contributed by atoms with Gasteiger partial charge in [-0.15, -0.1) is 0 Å². The van der Waals surface area contributed by atoms with Crippen LogP contribution < -0.4 is 16.4 Å². The lowest BCUT2D eigenvalue weighted by Crippen LogP contribution is -2.30. The number of amidine groups is 1. The summed E-state index contributed by atoms with van der Waals surface area (Å²) in [5, 5.41) is 21.7. The fourth-order valence-electron chi connectivity index (χ4n) is 2.56. The second kappa shape index (κ2) is 9.86. The molecule has 0 heterocycles. The second-order valence-electron chi connectivity index (χ2n) is 6.17. The molecule has 2 rings (SSSR count). The van der Waals surface area contributed by atoms with E-state index in [0.717, 1.165) is 0 Å². The highest BCUT2D eigenvalue weighted by atomic mass is 16.4. The number of carbonyl (C=O) groups excluding carboxylic acids is 2. The van der Waals surface area contributed by atoms with Crippen LogP contribution in [-0.4, -0.2) is 28.7 Å². The number of carbonyl (C=O) groups is 3. The van der Waals surface area contributed by atoms with E-state index in [0.29, 0.717) is 16.8 Å². The Labute approximate surface area is 162 Å². The Morgan fingerprint density at radius 3 is 2.14 bits per heavy atom. The number of carboxylic acid groups (broad SMARTS) is 1. The van der Waals surface area contributed by atoms with Crippen LogP contribution in [-0.2, 0) is 14.4 Å². The summed E-state index contributed by atoms with van der Waals surface area (Å²) in [5.41, 5.74) is 7.14. The highest BCUT2D eigenvalue weighted by Crippen LogP contribution is 2.17. The number of carboxylic acids is 1. The Hall–Kier alpha value is -3.68. The Balaban J connectivity index is 1.86. The number of nitrogen functional groups attached to an aromatic ring is 1. The number of anilines is 1. The number of benzene rings is 2. The molecule has 0 aliphatic rings. The molecule has 0 aliphatic carbocycles. The molecule has 8 nitrogen and oxygen atoms in total. The molecule has 2 amide bonds. The summed E-state index contributed by atoms with van der Waals surface area (Å²) < 4.78 is 0. The standard InChI is InChI=1S/C20H22N4O4/c21-20(22)14-6-8-15(9-7-14)23-17(25)10-11-18(26)24-16(12-19(27)28)13-4-2-1-3-5-13/h1-9,16H,10-12H2,(H3,21,22)(H,23,25)(H,24,26)(H,27,28). The van der Waals surface area contributed by atoms with Crippen molar-refractivity contribution in [2.45, 2.75) is 25.3 Å². The molecule has 8 heteroatoms. The van der Waals surface area contributed by atoms with Gasteiger partial charge < -0.3 is 21.5 Å². The van der Waals surface area contributed by atoms with Crippen molar-refractivity contribution in [3.05, 3.63) is 65.7 Å². The van der Waals surface area contributed by atoms with Gasteiger partial charge in [0.15, 0.2) is 0 Å². The molecule has 0 spiro atoms. The summed E-state index contributed by atoms with van der Waals surface area (Å²) in [6.45, 7) is 0. The van der Waals surface area contributed by atoms with E-state index in [-0.39, 0.29) is 31.0 Å². The number of amides is 2. The molecular formula is C20H22N4O4. The van der Waals surface area contributed by atoms with E-state index in [1.165, 1.54) is 0 Å². The molecule has 1 atom stereocenters. The molecule has 0 saturated carbocycles. The number of hydrogen-bond donors (Lipinski definition) is 5. The van der Waals surface area contributed by atoms with Gasteiger partial charge in [0.2, 0.25) is 11.8 Å². The highest BCUT2D eigenvalue weighted by Gasteiger charge is 2.18. The monoisotopic (exact) mass is 382 g/mol. The van der Waals surface area contributed by atoms with Crippen LogP contribution in [0.15, 0.2) is 54.6 Å². The van der Waals surface area contributed by atoms with Gasteiger partial charge in [-0.25, -0.2) is 0 Å². The quantitative estimate of drug-likeness (QED) is 0.333. The minimum absolute atomic E-state index is 0.0468. The molecule has 2 aromatic rings. The lowest BCUT2D eigenvalue weighted by Gasteiger charge is -2.17. The maximum absolute atomic E-state index is 12.2. The number of nitrogens with one attached hydrogen (secondary N) is 3. The Morgan fingerprint density at radius 1 is 0.964 bits per heavy atom. The normalized spacial score (nSPS) is 11.3. The first-order valence-corrected chi connectivity index (χ1v) is 8.65. The Kier molecular flexibility index (Phi) is 7.27. The summed E-state index contributed by atoms with van der Waals surface area (Å²) in [7, 11) is 0. The van der Waals surface area contributed by atoms with Crippen molar-refractivity contribution in [1.82, 2.24) is 5.32 Å². The van der Waals surface area contributed by atoms with Gasteiger partial charge in [0.25, 0.3) is 0 Å². The lowest BCUT2D eigenvalue weighted by molar-refractivity contribution is -0.138. The maximum atomic E-state index is 12.2. The number of hydrogen-bond acceptors (Lipinski definition) is 4. The van der Waals surface area contributed by atoms with Crippen LogP contribution in [0.4, 0.5) is 5.69 Å². The summed E-state index contributed by atoms with van der Waals surface area (Å²) >= 11 is 0.